The number of hydrogen-bond donors (Lipinski definition) is 0. The lowest BCUT2D eigenvalue weighted by Gasteiger charge is -2.07. The van der Waals surface area contributed by atoms with Gasteiger partial charge in [-0.25, -0.2) is 0 Å². The van der Waals surface area contributed by atoms with Crippen molar-refractivity contribution in [2.75, 3.05) is 0 Å². The Balaban J connectivity index is 3.96. The fourth-order valence-electron chi connectivity index (χ4n) is 1.58. The number of nitriles is 3. The minimum atomic E-state index is -0.435. The van der Waals surface area contributed by atoms with Gasteiger partial charge in [-0.05, 0) is 19.9 Å². The highest BCUT2D eigenvalue weighted by Crippen LogP contribution is 2.23. The summed E-state index contributed by atoms with van der Waals surface area (Å²) in [4.78, 5) is 22.8. The largest absolute Gasteiger partial charge is 0.294 e. The smallest absolute Gasteiger partial charge is 0.161 e. The lowest BCUT2D eigenvalue weighted by atomic mass is 9.90. The van der Waals surface area contributed by atoms with Crippen molar-refractivity contribution < 1.29 is 9.59 Å². The van der Waals surface area contributed by atoms with Crippen LogP contribution in [0.1, 0.15) is 51.3 Å². The molecule has 0 aromatic heterocycles. The number of carbonyl (C=O) groups excluding carboxylic acids is 2. The van der Waals surface area contributed by atoms with Crippen molar-refractivity contribution in [1.29, 1.82) is 15.8 Å². The first kappa shape index (κ1) is 13.1. The van der Waals surface area contributed by atoms with E-state index in [4.69, 9.17) is 15.8 Å². The lowest BCUT2D eigenvalue weighted by molar-refractivity contribution is 0.101. The lowest BCUT2D eigenvalue weighted by Crippen LogP contribution is -2.08. The van der Waals surface area contributed by atoms with E-state index in [2.05, 4.69) is 0 Å². The quantitative estimate of drug-likeness (QED) is 0.728. The number of carbonyl (C=O) groups is 2. The van der Waals surface area contributed by atoms with Crippen molar-refractivity contribution in [2.45, 2.75) is 13.8 Å². The third kappa shape index (κ3) is 1.96. The van der Waals surface area contributed by atoms with Crippen molar-refractivity contribution in [3.05, 3.63) is 33.9 Å². The summed E-state index contributed by atoms with van der Waals surface area (Å²) in [5.41, 5.74) is -0.576. The van der Waals surface area contributed by atoms with Gasteiger partial charge in [-0.3, -0.25) is 9.59 Å². The summed E-state index contributed by atoms with van der Waals surface area (Å²) in [5.74, 6) is -0.870. The number of Topliss-reactive ketones (excluding diaryl/α,β-unsaturated/α-hetero) is 2. The normalized spacial score (nSPS) is 8.83. The van der Waals surface area contributed by atoms with Crippen LogP contribution in [0.25, 0.3) is 0 Å². The minimum Gasteiger partial charge on any atom is -0.294 e. The molecule has 0 saturated heterocycles. The molecule has 0 bridgehead atoms. The van der Waals surface area contributed by atoms with E-state index in [1.165, 1.54) is 19.9 Å². The zero-order chi connectivity index (χ0) is 13.9. The second-order valence-corrected chi connectivity index (χ2v) is 3.54. The van der Waals surface area contributed by atoms with E-state index in [0.29, 0.717) is 0 Å². The monoisotopic (exact) mass is 237 g/mol. The number of hydrogen-bond acceptors (Lipinski definition) is 5. The zero-order valence-corrected chi connectivity index (χ0v) is 9.74. The summed E-state index contributed by atoms with van der Waals surface area (Å²) >= 11 is 0. The molecular weight excluding hydrogens is 230 g/mol. The fourth-order valence-corrected chi connectivity index (χ4v) is 1.58. The van der Waals surface area contributed by atoms with E-state index >= 15 is 0 Å². The van der Waals surface area contributed by atoms with Crippen LogP contribution >= 0.6 is 0 Å². The molecule has 0 atom stereocenters. The van der Waals surface area contributed by atoms with E-state index in [1.807, 2.05) is 0 Å². The number of nitrogens with zero attached hydrogens (tertiary/aromatic N) is 3. The van der Waals surface area contributed by atoms with Crippen molar-refractivity contribution in [1.82, 2.24) is 0 Å². The Kier molecular flexibility index (Phi) is 3.57. The summed E-state index contributed by atoms with van der Waals surface area (Å²) in [6.07, 6.45) is 0. The van der Waals surface area contributed by atoms with Gasteiger partial charge in [-0.1, -0.05) is 0 Å². The predicted molar refractivity (Wildman–Crippen MR) is 60.6 cm³/mol. The van der Waals surface area contributed by atoms with Crippen LogP contribution in [0.5, 0.6) is 0 Å². The minimum absolute atomic E-state index is 0.0155. The van der Waals surface area contributed by atoms with E-state index in [0.717, 1.165) is 0 Å². The highest BCUT2D eigenvalue weighted by molar-refractivity contribution is 6.04. The zero-order valence-electron chi connectivity index (χ0n) is 9.74. The average Bonchev–Trinajstić information content (AvgIpc) is 2.35. The van der Waals surface area contributed by atoms with E-state index < -0.39 is 11.6 Å². The number of ketones is 2. The molecule has 0 fully saturated rings. The Labute approximate surface area is 103 Å². The Morgan fingerprint density at radius 3 is 1.39 bits per heavy atom. The molecule has 0 aliphatic rings. The highest BCUT2D eigenvalue weighted by atomic mass is 16.1. The molecule has 18 heavy (non-hydrogen) atoms. The predicted octanol–water partition coefficient (Wildman–Crippen LogP) is 1.71. The Bertz CT molecular complexity index is 632. The van der Waals surface area contributed by atoms with Gasteiger partial charge in [0, 0.05) is 11.1 Å². The van der Waals surface area contributed by atoms with Crippen LogP contribution in [0.4, 0.5) is 0 Å². The first-order valence-corrected chi connectivity index (χ1v) is 4.91. The molecule has 1 rings (SSSR count). The summed E-state index contributed by atoms with van der Waals surface area (Å²) in [6, 6.07) is 6.37. The molecular formula is C13H7N3O2. The van der Waals surface area contributed by atoms with Crippen molar-refractivity contribution >= 4 is 11.6 Å². The van der Waals surface area contributed by atoms with Gasteiger partial charge in [0.25, 0.3) is 0 Å². The molecule has 0 radical (unpaired) electrons. The SMILES string of the molecule is CC(=O)c1cc(C(C)=O)c(C#N)c(C#N)c1C#N. The van der Waals surface area contributed by atoms with E-state index in [-0.39, 0.29) is 27.8 Å². The van der Waals surface area contributed by atoms with Gasteiger partial charge in [0.05, 0.1) is 16.7 Å². The molecule has 0 N–H and O–H groups in total. The molecule has 5 heteroatoms. The van der Waals surface area contributed by atoms with Gasteiger partial charge in [0.1, 0.15) is 18.2 Å². The number of rotatable bonds is 2. The first-order chi connectivity index (χ1) is 8.47. The summed E-state index contributed by atoms with van der Waals surface area (Å²) in [5, 5.41) is 27.0. The summed E-state index contributed by atoms with van der Waals surface area (Å²) < 4.78 is 0. The second kappa shape index (κ2) is 4.91. The Morgan fingerprint density at radius 2 is 1.17 bits per heavy atom. The Morgan fingerprint density at radius 1 is 0.833 bits per heavy atom. The molecule has 0 unspecified atom stereocenters. The molecule has 86 valence electrons. The van der Waals surface area contributed by atoms with Gasteiger partial charge < -0.3 is 0 Å². The van der Waals surface area contributed by atoms with Crippen LogP contribution in [0, 0.1) is 34.0 Å². The van der Waals surface area contributed by atoms with Gasteiger partial charge in [0.2, 0.25) is 0 Å². The third-order valence-corrected chi connectivity index (χ3v) is 2.42. The summed E-state index contributed by atoms with van der Waals surface area (Å²) in [7, 11) is 0. The van der Waals surface area contributed by atoms with Crippen molar-refractivity contribution in [3.63, 3.8) is 0 Å². The third-order valence-electron chi connectivity index (χ3n) is 2.42. The molecule has 0 spiro atoms. The number of benzene rings is 1. The van der Waals surface area contributed by atoms with Crippen LogP contribution in [0.2, 0.25) is 0 Å². The molecule has 0 amide bonds. The topological polar surface area (TPSA) is 106 Å². The molecule has 5 nitrogen and oxygen atoms in total. The first-order valence-electron chi connectivity index (χ1n) is 4.91. The van der Waals surface area contributed by atoms with E-state index in [9.17, 15) is 9.59 Å². The van der Waals surface area contributed by atoms with Crippen LogP contribution < -0.4 is 0 Å². The average molecular weight is 237 g/mol. The molecule has 0 heterocycles. The highest BCUT2D eigenvalue weighted by Gasteiger charge is 2.21. The van der Waals surface area contributed by atoms with Crippen LogP contribution in [0.3, 0.4) is 0 Å². The van der Waals surface area contributed by atoms with E-state index in [1.54, 1.807) is 18.2 Å². The molecule has 1 aromatic rings. The fraction of sp³-hybridized carbons (Fsp3) is 0.154. The molecule has 0 saturated carbocycles. The maximum absolute atomic E-state index is 11.4. The Hall–Kier alpha value is -2.97. The summed E-state index contributed by atoms with van der Waals surface area (Å²) in [6.45, 7) is 2.46. The molecule has 0 aliphatic heterocycles. The maximum atomic E-state index is 11.4. The molecule has 1 aromatic carbocycles. The van der Waals surface area contributed by atoms with Gasteiger partial charge in [-0.2, -0.15) is 15.8 Å². The standard InChI is InChI=1S/C13H7N3O2/c1-7(17)9-3-10(8(2)18)12(5-15)13(6-16)11(9)4-14/h3H,1-2H3. The van der Waals surface area contributed by atoms with Crippen molar-refractivity contribution in [2.24, 2.45) is 0 Å². The van der Waals surface area contributed by atoms with Gasteiger partial charge in [-0.15, -0.1) is 0 Å². The maximum Gasteiger partial charge on any atom is 0.161 e. The van der Waals surface area contributed by atoms with Crippen molar-refractivity contribution in [3.8, 4) is 18.2 Å². The van der Waals surface area contributed by atoms with Crippen LogP contribution in [-0.2, 0) is 0 Å². The van der Waals surface area contributed by atoms with Crippen LogP contribution in [-0.4, -0.2) is 11.6 Å². The second-order valence-electron chi connectivity index (χ2n) is 3.54. The van der Waals surface area contributed by atoms with Gasteiger partial charge in [0.15, 0.2) is 11.6 Å². The van der Waals surface area contributed by atoms with Gasteiger partial charge >= 0.3 is 0 Å². The molecule has 0 aliphatic carbocycles. The van der Waals surface area contributed by atoms with Crippen LogP contribution in [0.15, 0.2) is 6.07 Å².